The average Bonchev–Trinajstić information content (AvgIpc) is 2.41. The molecular weight excluding hydrogens is 303 g/mol. The molecule has 7 heteroatoms. The Hall–Kier alpha value is -2.11. The Bertz CT molecular complexity index is 689. The van der Waals surface area contributed by atoms with E-state index in [1.807, 2.05) is 0 Å². The molecule has 20 heavy (non-hydrogen) atoms. The second-order valence-electron chi connectivity index (χ2n) is 3.85. The maximum Gasteiger partial charge on any atom is 0.292 e. The summed E-state index contributed by atoms with van der Waals surface area (Å²) in [6, 6.07) is 10.3. The fourth-order valence-corrected chi connectivity index (χ4v) is 1.98. The van der Waals surface area contributed by atoms with E-state index >= 15 is 0 Å². The molecule has 0 atom stereocenters. The Morgan fingerprint density at radius 1 is 1.15 bits per heavy atom. The van der Waals surface area contributed by atoms with E-state index in [0.717, 1.165) is 0 Å². The van der Waals surface area contributed by atoms with Crippen LogP contribution in [0.1, 0.15) is 10.4 Å². The summed E-state index contributed by atoms with van der Waals surface area (Å²) in [6.07, 6.45) is 0. The third kappa shape index (κ3) is 3.07. The quantitative estimate of drug-likeness (QED) is 0.683. The van der Waals surface area contributed by atoms with Crippen molar-refractivity contribution >= 4 is 40.5 Å². The highest BCUT2D eigenvalue weighted by Crippen LogP contribution is 2.26. The van der Waals surface area contributed by atoms with Gasteiger partial charge in [0.25, 0.3) is 11.6 Å². The van der Waals surface area contributed by atoms with Gasteiger partial charge >= 0.3 is 0 Å². The zero-order valence-electron chi connectivity index (χ0n) is 9.97. The van der Waals surface area contributed by atoms with Gasteiger partial charge in [-0.1, -0.05) is 35.3 Å². The van der Waals surface area contributed by atoms with Crippen LogP contribution in [0.3, 0.4) is 0 Å². The molecule has 0 radical (unpaired) electrons. The number of nitrogens with zero attached hydrogens (tertiary/aromatic N) is 1. The van der Waals surface area contributed by atoms with E-state index < -0.39 is 10.8 Å². The van der Waals surface area contributed by atoms with Crippen LogP contribution in [0.4, 0.5) is 11.4 Å². The van der Waals surface area contributed by atoms with Gasteiger partial charge in [-0.15, -0.1) is 0 Å². The second kappa shape index (κ2) is 5.90. The summed E-state index contributed by atoms with van der Waals surface area (Å²) in [5, 5.41) is 13.9. The number of anilines is 1. The topological polar surface area (TPSA) is 72.2 Å². The third-order valence-electron chi connectivity index (χ3n) is 2.52. The molecule has 2 aromatic carbocycles. The van der Waals surface area contributed by atoms with Crippen LogP contribution in [-0.2, 0) is 0 Å². The number of nitro benzene ring substituents is 1. The predicted octanol–water partition coefficient (Wildman–Crippen LogP) is 4.15. The van der Waals surface area contributed by atoms with Gasteiger partial charge in [-0.2, -0.15) is 0 Å². The lowest BCUT2D eigenvalue weighted by atomic mass is 10.2. The molecule has 0 unspecified atom stereocenters. The molecule has 102 valence electrons. The van der Waals surface area contributed by atoms with Gasteiger partial charge < -0.3 is 5.32 Å². The number of hydrogen-bond donors (Lipinski definition) is 1. The number of nitro groups is 1. The highest BCUT2D eigenvalue weighted by atomic mass is 35.5. The SMILES string of the molecule is O=C(Nc1ccccc1[N+](=O)[O-])c1cc(Cl)ccc1Cl. The lowest BCUT2D eigenvalue weighted by Gasteiger charge is -2.07. The van der Waals surface area contributed by atoms with Crippen molar-refractivity contribution in [2.45, 2.75) is 0 Å². The Morgan fingerprint density at radius 2 is 1.85 bits per heavy atom. The summed E-state index contributed by atoms with van der Waals surface area (Å²) >= 11 is 11.7. The van der Waals surface area contributed by atoms with Crippen LogP contribution in [0.15, 0.2) is 42.5 Å². The average molecular weight is 311 g/mol. The lowest BCUT2D eigenvalue weighted by Crippen LogP contribution is -2.13. The molecule has 0 saturated heterocycles. The van der Waals surface area contributed by atoms with Crippen molar-refractivity contribution in [2.24, 2.45) is 0 Å². The molecule has 5 nitrogen and oxygen atoms in total. The van der Waals surface area contributed by atoms with Crippen LogP contribution in [0.2, 0.25) is 10.0 Å². The number of carbonyl (C=O) groups is 1. The Labute approximate surface area is 124 Å². The minimum atomic E-state index is -0.574. The minimum Gasteiger partial charge on any atom is -0.316 e. The summed E-state index contributed by atoms with van der Waals surface area (Å²) in [4.78, 5) is 22.4. The van der Waals surface area contributed by atoms with Crippen molar-refractivity contribution in [1.82, 2.24) is 0 Å². The maximum atomic E-state index is 12.1. The van der Waals surface area contributed by atoms with Crippen molar-refractivity contribution < 1.29 is 9.72 Å². The van der Waals surface area contributed by atoms with Gasteiger partial charge in [0.2, 0.25) is 0 Å². The molecule has 0 spiro atoms. The summed E-state index contributed by atoms with van der Waals surface area (Å²) in [5.74, 6) is -0.563. The molecular formula is C13H8Cl2N2O3. The maximum absolute atomic E-state index is 12.1. The molecule has 2 rings (SSSR count). The van der Waals surface area contributed by atoms with Gasteiger partial charge in [0.1, 0.15) is 5.69 Å². The predicted molar refractivity (Wildman–Crippen MR) is 77.5 cm³/mol. The first-order valence-electron chi connectivity index (χ1n) is 5.49. The van der Waals surface area contributed by atoms with Crippen LogP contribution >= 0.6 is 23.2 Å². The number of halogens is 2. The number of nitrogens with one attached hydrogen (secondary N) is 1. The molecule has 0 aliphatic carbocycles. The van der Waals surface area contributed by atoms with Gasteiger partial charge in [0, 0.05) is 11.1 Å². The van der Waals surface area contributed by atoms with E-state index in [9.17, 15) is 14.9 Å². The number of benzene rings is 2. The molecule has 0 aromatic heterocycles. The normalized spacial score (nSPS) is 10.1. The number of rotatable bonds is 3. The zero-order chi connectivity index (χ0) is 14.7. The van der Waals surface area contributed by atoms with Crippen LogP contribution in [0, 0.1) is 10.1 Å². The number of hydrogen-bond acceptors (Lipinski definition) is 3. The van der Waals surface area contributed by atoms with Gasteiger partial charge in [0.15, 0.2) is 0 Å². The zero-order valence-corrected chi connectivity index (χ0v) is 11.5. The molecule has 1 amide bonds. The fraction of sp³-hybridized carbons (Fsp3) is 0. The largest absolute Gasteiger partial charge is 0.316 e. The van der Waals surface area contributed by atoms with Crippen molar-refractivity contribution in [3.05, 3.63) is 68.2 Å². The van der Waals surface area contributed by atoms with E-state index in [0.29, 0.717) is 5.02 Å². The van der Waals surface area contributed by atoms with Crippen molar-refractivity contribution in [1.29, 1.82) is 0 Å². The van der Waals surface area contributed by atoms with Gasteiger partial charge in [-0.05, 0) is 24.3 Å². The molecule has 1 N–H and O–H groups in total. The second-order valence-corrected chi connectivity index (χ2v) is 4.70. The van der Waals surface area contributed by atoms with Crippen LogP contribution in [0.5, 0.6) is 0 Å². The van der Waals surface area contributed by atoms with Gasteiger partial charge in [0.05, 0.1) is 15.5 Å². The van der Waals surface area contributed by atoms with E-state index in [2.05, 4.69) is 5.32 Å². The standard InChI is InChI=1S/C13H8Cl2N2O3/c14-8-5-6-10(15)9(7-8)13(18)16-11-3-1-2-4-12(11)17(19)20/h1-7H,(H,16,18). The fourth-order valence-electron chi connectivity index (χ4n) is 1.60. The van der Waals surface area contributed by atoms with E-state index in [-0.39, 0.29) is 22.0 Å². The molecule has 0 saturated carbocycles. The summed E-state index contributed by atoms with van der Waals surface area (Å²) < 4.78 is 0. The first kappa shape index (κ1) is 14.3. The number of amides is 1. The summed E-state index contributed by atoms with van der Waals surface area (Å²) in [6.45, 7) is 0. The van der Waals surface area contributed by atoms with Crippen LogP contribution in [0.25, 0.3) is 0 Å². The molecule has 0 fully saturated rings. The van der Waals surface area contributed by atoms with Crippen LogP contribution in [-0.4, -0.2) is 10.8 Å². The minimum absolute atomic E-state index is 0.0959. The van der Waals surface area contributed by atoms with E-state index in [1.165, 1.54) is 30.3 Å². The van der Waals surface area contributed by atoms with Gasteiger partial charge in [-0.25, -0.2) is 0 Å². The molecule has 0 aliphatic rings. The van der Waals surface area contributed by atoms with E-state index in [4.69, 9.17) is 23.2 Å². The Kier molecular flexibility index (Phi) is 4.22. The molecule has 0 bridgehead atoms. The van der Waals surface area contributed by atoms with E-state index in [1.54, 1.807) is 12.1 Å². The summed E-state index contributed by atoms with van der Waals surface area (Å²) in [5.41, 5.74) is 0.0508. The first-order chi connectivity index (χ1) is 9.49. The monoisotopic (exact) mass is 310 g/mol. The highest BCUT2D eigenvalue weighted by Gasteiger charge is 2.17. The van der Waals surface area contributed by atoms with Crippen molar-refractivity contribution in [3.63, 3.8) is 0 Å². The van der Waals surface area contributed by atoms with Gasteiger partial charge in [-0.3, -0.25) is 14.9 Å². The number of carbonyl (C=O) groups excluding carboxylic acids is 1. The molecule has 0 heterocycles. The molecule has 2 aromatic rings. The van der Waals surface area contributed by atoms with Crippen molar-refractivity contribution in [3.8, 4) is 0 Å². The smallest absolute Gasteiger partial charge is 0.292 e. The highest BCUT2D eigenvalue weighted by molar-refractivity contribution is 6.36. The third-order valence-corrected chi connectivity index (χ3v) is 3.09. The summed E-state index contributed by atoms with van der Waals surface area (Å²) in [7, 11) is 0. The Morgan fingerprint density at radius 3 is 2.55 bits per heavy atom. The Balaban J connectivity index is 2.33. The van der Waals surface area contributed by atoms with Crippen LogP contribution < -0.4 is 5.32 Å². The first-order valence-corrected chi connectivity index (χ1v) is 6.24. The lowest BCUT2D eigenvalue weighted by molar-refractivity contribution is -0.383. The molecule has 0 aliphatic heterocycles. The number of para-hydroxylation sites is 2. The van der Waals surface area contributed by atoms with Crippen molar-refractivity contribution in [2.75, 3.05) is 5.32 Å².